The fourth-order valence-electron chi connectivity index (χ4n) is 2.71. The van der Waals surface area contributed by atoms with Gasteiger partial charge in [0.25, 0.3) is 15.9 Å². The molecular formula is C22H22N2O4S. The van der Waals surface area contributed by atoms with Crippen LogP contribution in [0, 0.1) is 6.92 Å². The molecule has 3 aromatic rings. The van der Waals surface area contributed by atoms with Crippen molar-refractivity contribution in [1.82, 2.24) is 0 Å². The van der Waals surface area contributed by atoms with Crippen molar-refractivity contribution in [3.8, 4) is 5.75 Å². The van der Waals surface area contributed by atoms with E-state index < -0.39 is 10.0 Å². The summed E-state index contributed by atoms with van der Waals surface area (Å²) in [5.74, 6) is 0.310. The molecule has 0 aliphatic heterocycles. The highest BCUT2D eigenvalue weighted by Gasteiger charge is 2.16. The minimum atomic E-state index is -3.75. The maximum atomic E-state index is 12.7. The fraction of sp³-hybridized carbons (Fsp3) is 0.136. The summed E-state index contributed by atoms with van der Waals surface area (Å²) < 4.78 is 33.2. The summed E-state index contributed by atoms with van der Waals surface area (Å²) in [6, 6.07) is 20.0. The number of carbonyl (C=O) groups is 1. The van der Waals surface area contributed by atoms with Gasteiger partial charge in [-0.15, -0.1) is 0 Å². The van der Waals surface area contributed by atoms with E-state index in [9.17, 15) is 13.2 Å². The van der Waals surface area contributed by atoms with E-state index in [1.165, 1.54) is 18.2 Å². The number of sulfonamides is 1. The minimum absolute atomic E-state index is 0.155. The summed E-state index contributed by atoms with van der Waals surface area (Å²) in [6.45, 7) is 4.19. The monoisotopic (exact) mass is 410 g/mol. The van der Waals surface area contributed by atoms with E-state index in [4.69, 9.17) is 4.74 Å². The van der Waals surface area contributed by atoms with Crippen LogP contribution in [-0.4, -0.2) is 20.9 Å². The minimum Gasteiger partial charge on any atom is -0.494 e. The second-order valence-electron chi connectivity index (χ2n) is 6.36. The maximum Gasteiger partial charge on any atom is 0.261 e. The molecule has 1 amide bonds. The number of ether oxygens (including phenoxy) is 1. The summed E-state index contributed by atoms with van der Waals surface area (Å²) in [5, 5.41) is 2.80. The van der Waals surface area contributed by atoms with Gasteiger partial charge in [0, 0.05) is 17.3 Å². The molecule has 6 nitrogen and oxygen atoms in total. The van der Waals surface area contributed by atoms with E-state index in [0.29, 0.717) is 34.9 Å². The molecule has 0 aromatic heterocycles. The van der Waals surface area contributed by atoms with Crippen molar-refractivity contribution in [3.05, 3.63) is 83.9 Å². The highest BCUT2D eigenvalue weighted by Crippen LogP contribution is 2.23. The third kappa shape index (κ3) is 5.14. The first-order valence-electron chi connectivity index (χ1n) is 9.12. The van der Waals surface area contributed by atoms with Crippen molar-refractivity contribution in [1.29, 1.82) is 0 Å². The topological polar surface area (TPSA) is 84.5 Å². The third-order valence-corrected chi connectivity index (χ3v) is 5.58. The van der Waals surface area contributed by atoms with E-state index in [-0.39, 0.29) is 10.8 Å². The Labute approximate surface area is 170 Å². The highest BCUT2D eigenvalue weighted by molar-refractivity contribution is 7.92. The van der Waals surface area contributed by atoms with Gasteiger partial charge in [0.1, 0.15) is 5.75 Å². The molecule has 0 atom stereocenters. The van der Waals surface area contributed by atoms with Crippen LogP contribution in [0.2, 0.25) is 0 Å². The van der Waals surface area contributed by atoms with E-state index in [1.807, 2.05) is 13.0 Å². The molecule has 0 aliphatic rings. The van der Waals surface area contributed by atoms with Gasteiger partial charge in [-0.25, -0.2) is 8.42 Å². The van der Waals surface area contributed by atoms with Crippen molar-refractivity contribution >= 4 is 27.3 Å². The molecule has 0 bridgehead atoms. The van der Waals surface area contributed by atoms with E-state index in [0.717, 1.165) is 0 Å². The number of nitrogens with one attached hydrogen (secondary N) is 2. The van der Waals surface area contributed by atoms with Crippen LogP contribution in [0.1, 0.15) is 22.8 Å². The second-order valence-corrected chi connectivity index (χ2v) is 8.05. The summed E-state index contributed by atoms with van der Waals surface area (Å²) in [5.41, 5.74) is 1.99. The number of carbonyl (C=O) groups excluding carboxylic acids is 1. The first-order valence-corrected chi connectivity index (χ1v) is 10.6. The van der Waals surface area contributed by atoms with Crippen molar-refractivity contribution in [2.45, 2.75) is 18.7 Å². The quantitative estimate of drug-likeness (QED) is 0.603. The first-order chi connectivity index (χ1) is 13.9. The van der Waals surface area contributed by atoms with Gasteiger partial charge in [-0.2, -0.15) is 0 Å². The van der Waals surface area contributed by atoms with Gasteiger partial charge in [-0.3, -0.25) is 9.52 Å². The normalized spacial score (nSPS) is 11.0. The number of benzene rings is 3. The molecule has 0 spiro atoms. The number of hydrogen-bond donors (Lipinski definition) is 2. The smallest absolute Gasteiger partial charge is 0.261 e. The van der Waals surface area contributed by atoms with Crippen molar-refractivity contribution in [2.75, 3.05) is 16.6 Å². The molecule has 0 saturated carbocycles. The van der Waals surface area contributed by atoms with Gasteiger partial charge in [0.05, 0.1) is 17.2 Å². The lowest BCUT2D eigenvalue weighted by Gasteiger charge is -2.13. The number of amides is 1. The van der Waals surface area contributed by atoms with Gasteiger partial charge in [-0.05, 0) is 55.8 Å². The molecule has 29 heavy (non-hydrogen) atoms. The zero-order valence-corrected chi connectivity index (χ0v) is 17.0. The largest absolute Gasteiger partial charge is 0.494 e. The molecule has 3 rings (SSSR count). The summed E-state index contributed by atoms with van der Waals surface area (Å²) in [6.07, 6.45) is 0. The van der Waals surface area contributed by atoms with Crippen LogP contribution in [0.3, 0.4) is 0 Å². The molecule has 7 heteroatoms. The molecule has 2 N–H and O–H groups in total. The third-order valence-electron chi connectivity index (χ3n) is 4.20. The average molecular weight is 410 g/mol. The summed E-state index contributed by atoms with van der Waals surface area (Å²) >= 11 is 0. The van der Waals surface area contributed by atoms with Crippen molar-refractivity contribution in [3.63, 3.8) is 0 Å². The molecule has 0 aliphatic carbocycles. The molecule has 0 saturated heterocycles. The first kappa shape index (κ1) is 20.4. The Morgan fingerprint density at radius 2 is 1.72 bits per heavy atom. The van der Waals surface area contributed by atoms with Crippen LogP contribution in [0.5, 0.6) is 5.75 Å². The Hall–Kier alpha value is -3.32. The molecular weight excluding hydrogens is 388 g/mol. The Bertz CT molecular complexity index is 1110. The van der Waals surface area contributed by atoms with Gasteiger partial charge in [0.15, 0.2) is 0 Å². The lowest BCUT2D eigenvalue weighted by Crippen LogP contribution is -2.16. The van der Waals surface area contributed by atoms with Crippen LogP contribution in [0.25, 0.3) is 0 Å². The number of anilines is 2. The number of hydrogen-bond acceptors (Lipinski definition) is 4. The predicted molar refractivity (Wildman–Crippen MR) is 114 cm³/mol. The number of rotatable bonds is 7. The Morgan fingerprint density at radius 3 is 2.45 bits per heavy atom. The fourth-order valence-corrected chi connectivity index (χ4v) is 3.85. The zero-order chi connectivity index (χ0) is 20.9. The van der Waals surface area contributed by atoms with Crippen molar-refractivity contribution in [2.24, 2.45) is 0 Å². The van der Waals surface area contributed by atoms with E-state index in [1.54, 1.807) is 55.5 Å². The Morgan fingerprint density at radius 1 is 0.966 bits per heavy atom. The SMILES string of the molecule is CCOc1cccc(NC(=O)c2ccc(C)c(NS(=O)(=O)c3ccccc3)c2)c1. The molecule has 0 radical (unpaired) electrons. The standard InChI is InChI=1S/C22H22N2O4S/c1-3-28-19-9-7-8-18(15-19)23-22(25)17-13-12-16(2)21(14-17)24-29(26,27)20-10-5-4-6-11-20/h4-15,24H,3H2,1-2H3,(H,23,25). The molecule has 0 heterocycles. The summed E-state index contributed by atoms with van der Waals surface area (Å²) in [7, 11) is -3.75. The Balaban J connectivity index is 1.81. The van der Waals surface area contributed by atoms with Gasteiger partial charge in [0.2, 0.25) is 0 Å². The maximum absolute atomic E-state index is 12.7. The van der Waals surface area contributed by atoms with Gasteiger partial charge in [-0.1, -0.05) is 30.3 Å². The van der Waals surface area contributed by atoms with E-state index in [2.05, 4.69) is 10.0 Å². The summed E-state index contributed by atoms with van der Waals surface area (Å²) in [4.78, 5) is 12.8. The molecule has 150 valence electrons. The van der Waals surface area contributed by atoms with Gasteiger partial charge >= 0.3 is 0 Å². The van der Waals surface area contributed by atoms with E-state index >= 15 is 0 Å². The van der Waals surface area contributed by atoms with Crippen LogP contribution < -0.4 is 14.8 Å². The molecule has 3 aromatic carbocycles. The number of aryl methyl sites for hydroxylation is 1. The lowest BCUT2D eigenvalue weighted by molar-refractivity contribution is 0.102. The second kappa shape index (κ2) is 8.79. The zero-order valence-electron chi connectivity index (χ0n) is 16.2. The highest BCUT2D eigenvalue weighted by atomic mass is 32.2. The van der Waals surface area contributed by atoms with Crippen LogP contribution in [0.15, 0.2) is 77.7 Å². The Kier molecular flexibility index (Phi) is 6.19. The molecule has 0 fully saturated rings. The van der Waals surface area contributed by atoms with Gasteiger partial charge < -0.3 is 10.1 Å². The predicted octanol–water partition coefficient (Wildman–Crippen LogP) is 4.45. The van der Waals surface area contributed by atoms with Crippen LogP contribution in [0.4, 0.5) is 11.4 Å². The molecule has 0 unspecified atom stereocenters. The van der Waals surface area contributed by atoms with Crippen LogP contribution in [-0.2, 0) is 10.0 Å². The van der Waals surface area contributed by atoms with Crippen molar-refractivity contribution < 1.29 is 17.9 Å². The lowest BCUT2D eigenvalue weighted by atomic mass is 10.1. The van der Waals surface area contributed by atoms with Crippen LogP contribution >= 0.6 is 0 Å². The average Bonchev–Trinajstić information content (AvgIpc) is 2.70.